The molecule has 1 unspecified atom stereocenters. The number of amides is 1. The van der Waals surface area contributed by atoms with Crippen molar-refractivity contribution in [1.82, 2.24) is 10.2 Å². The Bertz CT molecular complexity index is 399. The molecule has 2 aliphatic heterocycles. The van der Waals surface area contributed by atoms with Gasteiger partial charge in [-0.3, -0.25) is 9.79 Å². The number of ether oxygens (including phenoxy) is 1. The zero-order valence-electron chi connectivity index (χ0n) is 13.6. The number of aliphatic imine (C=N–C) groups is 1. The zero-order chi connectivity index (χ0) is 15.3. The predicted octanol–water partition coefficient (Wildman–Crippen LogP) is 1.19. The number of primary amides is 1. The molecule has 6 nitrogen and oxygen atoms in total. The predicted molar refractivity (Wildman–Crippen MR) is 98.4 cm³/mol. The van der Waals surface area contributed by atoms with Crippen LogP contribution in [0.4, 0.5) is 0 Å². The van der Waals surface area contributed by atoms with Crippen LogP contribution >= 0.6 is 24.0 Å². The monoisotopic (exact) mass is 424 g/mol. The Morgan fingerprint density at radius 1 is 1.50 bits per heavy atom. The minimum atomic E-state index is -0.206. The minimum absolute atomic E-state index is 0. The Labute approximate surface area is 150 Å². The number of carbonyl (C=O) groups excluding carboxylic acids is 1. The third kappa shape index (κ3) is 5.57. The SMILES string of the molecule is CCNC(=NCC1(C)COC1)N1CCCC(CC(N)=O)C1.I. The highest BCUT2D eigenvalue weighted by molar-refractivity contribution is 14.0. The van der Waals surface area contributed by atoms with E-state index in [1.807, 2.05) is 0 Å². The van der Waals surface area contributed by atoms with Gasteiger partial charge in [0.2, 0.25) is 5.91 Å². The molecular weight excluding hydrogens is 395 g/mol. The molecule has 3 N–H and O–H groups in total. The molecule has 2 aliphatic rings. The molecule has 2 heterocycles. The van der Waals surface area contributed by atoms with Crippen LogP contribution in [0.5, 0.6) is 0 Å². The largest absolute Gasteiger partial charge is 0.380 e. The lowest BCUT2D eigenvalue weighted by Gasteiger charge is -2.38. The van der Waals surface area contributed by atoms with Crippen LogP contribution in [0.25, 0.3) is 0 Å². The van der Waals surface area contributed by atoms with Crippen molar-refractivity contribution in [3.8, 4) is 0 Å². The molecule has 22 heavy (non-hydrogen) atoms. The van der Waals surface area contributed by atoms with Gasteiger partial charge in [-0.05, 0) is 25.7 Å². The van der Waals surface area contributed by atoms with Gasteiger partial charge in [0.1, 0.15) is 0 Å². The summed E-state index contributed by atoms with van der Waals surface area (Å²) < 4.78 is 5.28. The molecule has 0 saturated carbocycles. The number of carbonyl (C=O) groups is 1. The lowest BCUT2D eigenvalue weighted by molar-refractivity contribution is -0.119. The molecule has 128 valence electrons. The normalized spacial score (nSPS) is 24.2. The number of nitrogens with zero attached hydrogens (tertiary/aromatic N) is 2. The van der Waals surface area contributed by atoms with E-state index >= 15 is 0 Å². The summed E-state index contributed by atoms with van der Waals surface area (Å²) in [6.07, 6.45) is 2.63. The average molecular weight is 424 g/mol. The summed E-state index contributed by atoms with van der Waals surface area (Å²) in [5.74, 6) is 1.10. The molecule has 0 radical (unpaired) electrons. The van der Waals surface area contributed by atoms with Crippen molar-refractivity contribution in [2.45, 2.75) is 33.1 Å². The zero-order valence-corrected chi connectivity index (χ0v) is 16.0. The number of rotatable bonds is 5. The summed E-state index contributed by atoms with van der Waals surface area (Å²) in [4.78, 5) is 18.2. The van der Waals surface area contributed by atoms with E-state index in [-0.39, 0.29) is 35.3 Å². The molecule has 1 amide bonds. The molecule has 2 saturated heterocycles. The van der Waals surface area contributed by atoms with E-state index in [2.05, 4.69) is 24.1 Å². The highest BCUT2D eigenvalue weighted by Crippen LogP contribution is 2.27. The number of piperidine rings is 1. The second-order valence-corrected chi connectivity index (χ2v) is 6.60. The molecule has 0 aromatic carbocycles. The van der Waals surface area contributed by atoms with E-state index in [1.54, 1.807) is 0 Å². The molecule has 0 bridgehead atoms. The summed E-state index contributed by atoms with van der Waals surface area (Å²) in [5, 5.41) is 3.37. The first kappa shape index (κ1) is 19.5. The van der Waals surface area contributed by atoms with E-state index in [9.17, 15) is 4.79 Å². The first-order valence-corrected chi connectivity index (χ1v) is 7.92. The van der Waals surface area contributed by atoms with E-state index < -0.39 is 0 Å². The third-order valence-electron chi connectivity index (χ3n) is 4.15. The lowest BCUT2D eigenvalue weighted by atomic mass is 9.89. The van der Waals surface area contributed by atoms with Crippen molar-refractivity contribution in [2.75, 3.05) is 39.4 Å². The van der Waals surface area contributed by atoms with Crippen LogP contribution in [0.3, 0.4) is 0 Å². The van der Waals surface area contributed by atoms with Crippen LogP contribution < -0.4 is 11.1 Å². The number of halogens is 1. The summed E-state index contributed by atoms with van der Waals surface area (Å²) in [6, 6.07) is 0. The van der Waals surface area contributed by atoms with Crippen LogP contribution in [0, 0.1) is 11.3 Å². The second kappa shape index (κ2) is 8.90. The van der Waals surface area contributed by atoms with Gasteiger partial charge in [0.25, 0.3) is 0 Å². The smallest absolute Gasteiger partial charge is 0.217 e. The summed E-state index contributed by atoms with van der Waals surface area (Å²) in [6.45, 7) is 9.36. The summed E-state index contributed by atoms with van der Waals surface area (Å²) >= 11 is 0. The van der Waals surface area contributed by atoms with Crippen molar-refractivity contribution in [3.63, 3.8) is 0 Å². The highest BCUT2D eigenvalue weighted by atomic mass is 127. The Morgan fingerprint density at radius 2 is 2.23 bits per heavy atom. The van der Waals surface area contributed by atoms with Crippen LogP contribution in [-0.2, 0) is 9.53 Å². The van der Waals surface area contributed by atoms with Crippen molar-refractivity contribution in [1.29, 1.82) is 0 Å². The maximum Gasteiger partial charge on any atom is 0.217 e. The van der Waals surface area contributed by atoms with Gasteiger partial charge in [0.15, 0.2) is 5.96 Å². The van der Waals surface area contributed by atoms with Gasteiger partial charge < -0.3 is 20.7 Å². The number of guanidine groups is 1. The van der Waals surface area contributed by atoms with E-state index in [0.29, 0.717) is 12.3 Å². The van der Waals surface area contributed by atoms with Gasteiger partial charge >= 0.3 is 0 Å². The van der Waals surface area contributed by atoms with Crippen LogP contribution in [0.1, 0.15) is 33.1 Å². The first-order valence-electron chi connectivity index (χ1n) is 7.92. The van der Waals surface area contributed by atoms with E-state index in [4.69, 9.17) is 15.5 Å². The van der Waals surface area contributed by atoms with Crippen molar-refractivity contribution >= 4 is 35.8 Å². The molecule has 7 heteroatoms. The number of nitrogens with two attached hydrogens (primary N) is 1. The van der Waals surface area contributed by atoms with Gasteiger partial charge in [0.05, 0.1) is 19.8 Å². The molecule has 1 atom stereocenters. The first-order chi connectivity index (χ1) is 10.0. The van der Waals surface area contributed by atoms with E-state index in [1.165, 1.54) is 0 Å². The number of likely N-dealkylation sites (tertiary alicyclic amines) is 1. The fraction of sp³-hybridized carbons (Fsp3) is 0.867. The number of hydrogen-bond donors (Lipinski definition) is 2. The maximum absolute atomic E-state index is 11.1. The van der Waals surface area contributed by atoms with Crippen LogP contribution in [0.15, 0.2) is 4.99 Å². The fourth-order valence-electron chi connectivity index (χ4n) is 2.94. The maximum atomic E-state index is 11.1. The quantitative estimate of drug-likeness (QED) is 0.395. The number of nitrogens with one attached hydrogen (secondary N) is 1. The topological polar surface area (TPSA) is 80.0 Å². The van der Waals surface area contributed by atoms with Crippen molar-refractivity contribution in [3.05, 3.63) is 0 Å². The minimum Gasteiger partial charge on any atom is -0.380 e. The third-order valence-corrected chi connectivity index (χ3v) is 4.15. The van der Waals surface area contributed by atoms with Crippen LogP contribution in [-0.4, -0.2) is 56.2 Å². The Morgan fingerprint density at radius 3 is 2.77 bits per heavy atom. The number of hydrogen-bond acceptors (Lipinski definition) is 3. The molecule has 0 aromatic heterocycles. The van der Waals surface area contributed by atoms with Crippen molar-refractivity contribution < 1.29 is 9.53 Å². The van der Waals surface area contributed by atoms with Gasteiger partial charge in [-0.2, -0.15) is 0 Å². The Hall–Kier alpha value is -0.570. The lowest BCUT2D eigenvalue weighted by Crippen LogP contribution is -2.48. The van der Waals surface area contributed by atoms with Gasteiger partial charge in [-0.1, -0.05) is 6.92 Å². The molecule has 0 spiro atoms. The highest BCUT2D eigenvalue weighted by Gasteiger charge is 2.33. The molecular formula is C15H29IN4O2. The van der Waals surface area contributed by atoms with Gasteiger partial charge in [-0.25, -0.2) is 0 Å². The van der Waals surface area contributed by atoms with Gasteiger partial charge in [-0.15, -0.1) is 24.0 Å². The Balaban J connectivity index is 0.00000242. The molecule has 2 fully saturated rings. The molecule has 0 aliphatic carbocycles. The molecule has 2 rings (SSSR count). The average Bonchev–Trinajstić information content (AvgIpc) is 2.41. The Kier molecular flexibility index (Phi) is 7.88. The van der Waals surface area contributed by atoms with Crippen LogP contribution in [0.2, 0.25) is 0 Å². The molecule has 0 aromatic rings. The second-order valence-electron chi connectivity index (χ2n) is 6.60. The summed E-state index contributed by atoms with van der Waals surface area (Å²) in [5.41, 5.74) is 5.51. The standard InChI is InChI=1S/C15H28N4O2.HI/c1-3-17-14(18-9-15(2)10-21-11-15)19-6-4-5-12(8-19)7-13(16)20;/h12H,3-11H2,1-2H3,(H2,16,20)(H,17,18);1H. The van der Waals surface area contributed by atoms with E-state index in [0.717, 1.165) is 58.2 Å². The van der Waals surface area contributed by atoms with Crippen molar-refractivity contribution in [2.24, 2.45) is 22.1 Å². The summed E-state index contributed by atoms with van der Waals surface area (Å²) in [7, 11) is 0. The van der Waals surface area contributed by atoms with Gasteiger partial charge in [0, 0.05) is 31.5 Å². The fourth-order valence-corrected chi connectivity index (χ4v) is 2.94.